The number of amides is 1. The van der Waals surface area contributed by atoms with Gasteiger partial charge in [0.1, 0.15) is 5.82 Å². The van der Waals surface area contributed by atoms with Crippen LogP contribution < -0.4 is 4.90 Å². The molecular weight excluding hydrogens is 283 g/mol. The Morgan fingerprint density at radius 3 is 2.95 bits per heavy atom. The van der Waals surface area contributed by atoms with E-state index < -0.39 is 6.09 Å². The Hall–Kier alpha value is -2.69. The second-order valence-corrected chi connectivity index (χ2v) is 5.03. The highest BCUT2D eigenvalue weighted by atomic mass is 19.1. The van der Waals surface area contributed by atoms with E-state index in [1.54, 1.807) is 17.0 Å². The summed E-state index contributed by atoms with van der Waals surface area (Å²) in [5.74, 6) is -0.361. The number of carbonyl (C=O) groups is 1. The molecule has 112 valence electrons. The molecule has 0 bridgehead atoms. The summed E-state index contributed by atoms with van der Waals surface area (Å²) in [5.41, 5.74) is 2.52. The second-order valence-electron chi connectivity index (χ2n) is 5.03. The minimum absolute atomic E-state index is 0.361. The van der Waals surface area contributed by atoms with Crippen LogP contribution in [0, 0.1) is 5.82 Å². The van der Waals surface area contributed by atoms with Crippen molar-refractivity contribution in [1.82, 2.24) is 0 Å². The Kier molecular flexibility index (Phi) is 4.14. The molecule has 4 nitrogen and oxygen atoms in total. The molecule has 1 amide bonds. The molecule has 0 radical (unpaired) electrons. The van der Waals surface area contributed by atoms with Gasteiger partial charge in [0, 0.05) is 6.54 Å². The molecule has 0 saturated carbocycles. The molecule has 0 unspecified atom stereocenters. The standard InChI is InChI=1S/C17H15FN2O2/c18-15-8-3-5-13(11-15)12-19-22-17(21)20-10-4-7-14-6-1-2-9-16(14)20/h1-3,5-6,8-9,11-12H,4,7,10H2. The van der Waals surface area contributed by atoms with Crippen molar-refractivity contribution in [2.45, 2.75) is 12.8 Å². The first kappa shape index (κ1) is 14.3. The molecule has 2 aromatic rings. The van der Waals surface area contributed by atoms with Crippen LogP contribution in [0.4, 0.5) is 14.9 Å². The normalized spacial score (nSPS) is 14.0. The smallest absolute Gasteiger partial charge is 0.298 e. The van der Waals surface area contributed by atoms with E-state index >= 15 is 0 Å². The van der Waals surface area contributed by atoms with Crippen molar-refractivity contribution in [3.8, 4) is 0 Å². The molecular formula is C17H15FN2O2. The SMILES string of the molecule is O=C(ON=Cc1cccc(F)c1)N1CCCc2ccccc21. The summed E-state index contributed by atoms with van der Waals surface area (Å²) in [5, 5.41) is 3.65. The van der Waals surface area contributed by atoms with E-state index in [1.165, 1.54) is 18.3 Å². The average molecular weight is 298 g/mol. The summed E-state index contributed by atoms with van der Waals surface area (Å²) < 4.78 is 13.0. The predicted octanol–water partition coefficient (Wildman–Crippen LogP) is 3.75. The zero-order valence-electron chi connectivity index (χ0n) is 11.9. The average Bonchev–Trinajstić information content (AvgIpc) is 2.54. The van der Waals surface area contributed by atoms with Crippen LogP contribution in [-0.4, -0.2) is 18.9 Å². The van der Waals surface area contributed by atoms with Gasteiger partial charge in [-0.1, -0.05) is 35.5 Å². The molecule has 1 aliphatic rings. The highest BCUT2D eigenvalue weighted by Gasteiger charge is 2.23. The van der Waals surface area contributed by atoms with Gasteiger partial charge in [-0.05, 0) is 42.2 Å². The van der Waals surface area contributed by atoms with E-state index in [2.05, 4.69) is 5.16 Å². The summed E-state index contributed by atoms with van der Waals surface area (Å²) in [7, 11) is 0. The van der Waals surface area contributed by atoms with Crippen molar-refractivity contribution in [3.63, 3.8) is 0 Å². The third-order valence-electron chi connectivity index (χ3n) is 3.51. The summed E-state index contributed by atoms with van der Waals surface area (Å²) in [4.78, 5) is 18.6. The number of para-hydroxylation sites is 1. The quantitative estimate of drug-likeness (QED) is 0.481. The predicted molar refractivity (Wildman–Crippen MR) is 82.6 cm³/mol. The van der Waals surface area contributed by atoms with E-state index in [-0.39, 0.29) is 5.82 Å². The number of fused-ring (bicyclic) bond motifs is 1. The fourth-order valence-electron chi connectivity index (χ4n) is 2.49. The fourth-order valence-corrected chi connectivity index (χ4v) is 2.49. The highest BCUT2D eigenvalue weighted by Crippen LogP contribution is 2.27. The molecule has 0 saturated heterocycles. The van der Waals surface area contributed by atoms with E-state index in [0.717, 1.165) is 24.1 Å². The number of halogens is 1. The number of aryl methyl sites for hydroxylation is 1. The Bertz CT molecular complexity index is 715. The summed E-state index contributed by atoms with van der Waals surface area (Å²) in [6.07, 6.45) is 2.63. The van der Waals surface area contributed by atoms with Crippen molar-refractivity contribution in [2.75, 3.05) is 11.4 Å². The van der Waals surface area contributed by atoms with Gasteiger partial charge < -0.3 is 0 Å². The summed E-state index contributed by atoms with van der Waals surface area (Å²) in [6, 6.07) is 13.6. The van der Waals surface area contributed by atoms with E-state index in [9.17, 15) is 9.18 Å². The first-order valence-electron chi connectivity index (χ1n) is 7.09. The number of nitrogens with zero attached hydrogens (tertiary/aromatic N) is 2. The van der Waals surface area contributed by atoms with Gasteiger partial charge in [0.15, 0.2) is 0 Å². The molecule has 0 N–H and O–H groups in total. The number of hydrogen-bond acceptors (Lipinski definition) is 3. The van der Waals surface area contributed by atoms with Crippen LogP contribution in [0.1, 0.15) is 17.5 Å². The Balaban J connectivity index is 1.68. The number of rotatable bonds is 2. The van der Waals surface area contributed by atoms with Gasteiger partial charge in [0.2, 0.25) is 0 Å². The monoisotopic (exact) mass is 298 g/mol. The first-order chi connectivity index (χ1) is 10.7. The van der Waals surface area contributed by atoms with Gasteiger partial charge in [-0.3, -0.25) is 9.74 Å². The molecule has 0 atom stereocenters. The van der Waals surface area contributed by atoms with Gasteiger partial charge in [0.05, 0.1) is 11.9 Å². The lowest BCUT2D eigenvalue weighted by molar-refractivity contribution is 0.158. The lowest BCUT2D eigenvalue weighted by atomic mass is 10.0. The number of hydrogen-bond donors (Lipinski definition) is 0. The topological polar surface area (TPSA) is 41.9 Å². The third kappa shape index (κ3) is 3.14. The minimum atomic E-state index is -0.528. The van der Waals surface area contributed by atoms with E-state index in [1.807, 2.05) is 24.3 Å². The van der Waals surface area contributed by atoms with Crippen LogP contribution in [-0.2, 0) is 11.3 Å². The minimum Gasteiger partial charge on any atom is -0.298 e. The van der Waals surface area contributed by atoms with Crippen molar-refractivity contribution in [1.29, 1.82) is 0 Å². The molecule has 5 heteroatoms. The maximum atomic E-state index is 13.0. The van der Waals surface area contributed by atoms with E-state index in [4.69, 9.17) is 4.84 Å². The van der Waals surface area contributed by atoms with Crippen LogP contribution >= 0.6 is 0 Å². The van der Waals surface area contributed by atoms with Gasteiger partial charge in [-0.25, -0.2) is 9.18 Å². The molecule has 2 aromatic carbocycles. The summed E-state index contributed by atoms with van der Waals surface area (Å²) >= 11 is 0. The Labute approximate surface area is 127 Å². The van der Waals surface area contributed by atoms with Crippen LogP contribution in [0.5, 0.6) is 0 Å². The first-order valence-corrected chi connectivity index (χ1v) is 7.09. The zero-order valence-corrected chi connectivity index (χ0v) is 11.9. The molecule has 0 fully saturated rings. The molecule has 0 spiro atoms. The highest BCUT2D eigenvalue weighted by molar-refractivity contribution is 5.89. The molecule has 0 aliphatic carbocycles. The van der Waals surface area contributed by atoms with Crippen molar-refractivity contribution < 1.29 is 14.0 Å². The van der Waals surface area contributed by atoms with Crippen LogP contribution in [0.2, 0.25) is 0 Å². The number of carbonyl (C=O) groups excluding carboxylic acids is 1. The zero-order chi connectivity index (χ0) is 15.4. The number of oxime groups is 1. The Morgan fingerprint density at radius 2 is 2.09 bits per heavy atom. The van der Waals surface area contributed by atoms with Crippen molar-refractivity contribution >= 4 is 18.0 Å². The molecule has 0 aromatic heterocycles. The van der Waals surface area contributed by atoms with Gasteiger partial charge in [-0.15, -0.1) is 0 Å². The maximum absolute atomic E-state index is 13.0. The third-order valence-corrected chi connectivity index (χ3v) is 3.51. The molecule has 22 heavy (non-hydrogen) atoms. The summed E-state index contributed by atoms with van der Waals surface area (Å²) in [6.45, 7) is 0.603. The largest absolute Gasteiger partial charge is 0.440 e. The fraction of sp³-hybridized carbons (Fsp3) is 0.176. The second kappa shape index (κ2) is 6.39. The number of anilines is 1. The van der Waals surface area contributed by atoms with Gasteiger partial charge in [0.25, 0.3) is 0 Å². The lowest BCUT2D eigenvalue weighted by Gasteiger charge is -2.27. The van der Waals surface area contributed by atoms with E-state index in [0.29, 0.717) is 12.1 Å². The van der Waals surface area contributed by atoms with Gasteiger partial charge >= 0.3 is 6.09 Å². The number of benzene rings is 2. The molecule has 3 rings (SSSR count). The van der Waals surface area contributed by atoms with Crippen LogP contribution in [0.3, 0.4) is 0 Å². The lowest BCUT2D eigenvalue weighted by Crippen LogP contribution is -2.35. The molecule has 1 heterocycles. The Morgan fingerprint density at radius 1 is 1.23 bits per heavy atom. The van der Waals surface area contributed by atoms with Crippen LogP contribution in [0.25, 0.3) is 0 Å². The van der Waals surface area contributed by atoms with Crippen molar-refractivity contribution in [3.05, 3.63) is 65.5 Å². The molecule has 1 aliphatic heterocycles. The van der Waals surface area contributed by atoms with Crippen molar-refractivity contribution in [2.24, 2.45) is 5.16 Å². The van der Waals surface area contributed by atoms with Gasteiger partial charge in [-0.2, -0.15) is 0 Å². The van der Waals surface area contributed by atoms with Crippen LogP contribution in [0.15, 0.2) is 53.7 Å². The maximum Gasteiger partial charge on any atom is 0.440 e.